The third kappa shape index (κ3) is 4.96. The molecule has 3 aromatic carbocycles. The third-order valence-electron chi connectivity index (χ3n) is 5.67. The lowest BCUT2D eigenvalue weighted by Gasteiger charge is -2.28. The number of anilines is 1. The van der Waals surface area contributed by atoms with E-state index in [0.717, 1.165) is 16.0 Å². The fourth-order valence-corrected chi connectivity index (χ4v) is 4.14. The van der Waals surface area contributed by atoms with E-state index in [1.54, 1.807) is 18.2 Å². The van der Waals surface area contributed by atoms with Gasteiger partial charge in [-0.1, -0.05) is 41.4 Å². The lowest BCUT2D eigenvalue weighted by molar-refractivity contribution is -0.122. The zero-order valence-corrected chi connectivity index (χ0v) is 18.8. The standard InChI is InChI=1S/C26H22ClFN2O3/c1-17-5-7-19(8-6-17)25(32)29(14-13-18-3-2-4-20(27)15-18)23-16-24(31)30(26(23)33)22-11-9-21(28)10-12-22/h2-12,15,23H,13-14,16H2,1H3. The molecule has 5 nitrogen and oxygen atoms in total. The SMILES string of the molecule is Cc1ccc(C(=O)N(CCc2cccc(Cl)c2)C2CC(=O)N(c3ccc(F)cc3)C2=O)cc1. The zero-order chi connectivity index (χ0) is 23.5. The van der Waals surface area contributed by atoms with Crippen LogP contribution < -0.4 is 4.90 Å². The van der Waals surface area contributed by atoms with E-state index in [0.29, 0.717) is 17.0 Å². The van der Waals surface area contributed by atoms with Crippen molar-refractivity contribution in [3.63, 3.8) is 0 Å². The van der Waals surface area contributed by atoms with E-state index in [-0.39, 0.29) is 24.6 Å². The molecule has 0 N–H and O–H groups in total. The summed E-state index contributed by atoms with van der Waals surface area (Å²) < 4.78 is 13.3. The van der Waals surface area contributed by atoms with Gasteiger partial charge in [-0.15, -0.1) is 0 Å². The minimum atomic E-state index is -0.949. The summed E-state index contributed by atoms with van der Waals surface area (Å²) in [6.45, 7) is 2.15. The second-order valence-corrected chi connectivity index (χ2v) is 8.44. The fraction of sp³-hybridized carbons (Fsp3) is 0.192. The maximum atomic E-state index is 13.4. The predicted molar refractivity (Wildman–Crippen MR) is 125 cm³/mol. The molecule has 1 aliphatic rings. The second kappa shape index (κ2) is 9.55. The molecule has 33 heavy (non-hydrogen) atoms. The van der Waals surface area contributed by atoms with Gasteiger partial charge >= 0.3 is 0 Å². The summed E-state index contributed by atoms with van der Waals surface area (Å²) in [5.74, 6) is -1.73. The molecule has 0 aromatic heterocycles. The Labute approximate surface area is 196 Å². The molecule has 0 aliphatic carbocycles. The molecule has 1 fully saturated rings. The lowest BCUT2D eigenvalue weighted by atomic mass is 10.1. The quantitative estimate of drug-likeness (QED) is 0.492. The number of amides is 3. The van der Waals surface area contributed by atoms with Crippen LogP contribution in [0.3, 0.4) is 0 Å². The Balaban J connectivity index is 1.63. The molecular formula is C26H22ClFN2O3. The molecule has 4 rings (SSSR count). The summed E-state index contributed by atoms with van der Waals surface area (Å²) >= 11 is 6.09. The highest BCUT2D eigenvalue weighted by molar-refractivity contribution is 6.30. The van der Waals surface area contributed by atoms with Gasteiger partial charge in [0.05, 0.1) is 12.1 Å². The Kier molecular flexibility index (Phi) is 6.56. The van der Waals surface area contributed by atoms with Gasteiger partial charge in [0.2, 0.25) is 5.91 Å². The van der Waals surface area contributed by atoms with E-state index in [1.807, 2.05) is 37.3 Å². The van der Waals surface area contributed by atoms with Crippen LogP contribution in [0.4, 0.5) is 10.1 Å². The molecule has 1 unspecified atom stereocenters. The molecule has 0 spiro atoms. The Bertz CT molecular complexity index is 1190. The number of carbonyl (C=O) groups excluding carboxylic acids is 3. The van der Waals surface area contributed by atoms with Gasteiger partial charge in [0.1, 0.15) is 11.9 Å². The summed E-state index contributed by atoms with van der Waals surface area (Å²) in [7, 11) is 0. The summed E-state index contributed by atoms with van der Waals surface area (Å²) in [5.41, 5.74) is 2.64. The van der Waals surface area contributed by atoms with Crippen LogP contribution in [0.15, 0.2) is 72.8 Å². The molecule has 0 saturated carbocycles. The molecule has 1 saturated heterocycles. The fourth-order valence-electron chi connectivity index (χ4n) is 3.92. The number of carbonyl (C=O) groups is 3. The van der Waals surface area contributed by atoms with Crippen LogP contribution >= 0.6 is 11.6 Å². The van der Waals surface area contributed by atoms with E-state index in [4.69, 9.17) is 11.6 Å². The normalized spacial score (nSPS) is 15.7. The molecule has 7 heteroatoms. The minimum absolute atomic E-state index is 0.136. The first-order chi connectivity index (χ1) is 15.8. The van der Waals surface area contributed by atoms with Crippen molar-refractivity contribution < 1.29 is 18.8 Å². The Morgan fingerprint density at radius 2 is 1.76 bits per heavy atom. The number of aryl methyl sites for hydroxylation is 1. The number of hydrogen-bond acceptors (Lipinski definition) is 3. The zero-order valence-electron chi connectivity index (χ0n) is 18.0. The number of imide groups is 1. The van der Waals surface area contributed by atoms with E-state index in [2.05, 4.69) is 0 Å². The number of rotatable bonds is 6. The van der Waals surface area contributed by atoms with Crippen molar-refractivity contribution in [2.24, 2.45) is 0 Å². The molecule has 3 aromatic rings. The van der Waals surface area contributed by atoms with Crippen molar-refractivity contribution in [1.29, 1.82) is 0 Å². The van der Waals surface area contributed by atoms with Crippen LogP contribution in [0.1, 0.15) is 27.9 Å². The van der Waals surface area contributed by atoms with Crippen molar-refractivity contribution in [2.45, 2.75) is 25.8 Å². The molecule has 3 amide bonds. The average Bonchev–Trinajstić information content (AvgIpc) is 3.09. The summed E-state index contributed by atoms with van der Waals surface area (Å²) in [6.07, 6.45) is 0.329. The predicted octanol–water partition coefficient (Wildman–Crippen LogP) is 4.80. The van der Waals surface area contributed by atoms with E-state index in [1.165, 1.54) is 29.2 Å². The molecule has 0 bridgehead atoms. The van der Waals surface area contributed by atoms with Crippen LogP contribution in [0.25, 0.3) is 0 Å². The molecule has 168 valence electrons. The highest BCUT2D eigenvalue weighted by Gasteiger charge is 2.44. The number of halogens is 2. The maximum absolute atomic E-state index is 13.4. The van der Waals surface area contributed by atoms with Gasteiger partial charge in [-0.2, -0.15) is 0 Å². The molecule has 1 atom stereocenters. The smallest absolute Gasteiger partial charge is 0.257 e. The molecule has 1 heterocycles. The number of benzene rings is 3. The topological polar surface area (TPSA) is 57.7 Å². The minimum Gasteiger partial charge on any atom is -0.326 e. The van der Waals surface area contributed by atoms with Crippen molar-refractivity contribution in [3.05, 3.63) is 100 Å². The van der Waals surface area contributed by atoms with Gasteiger partial charge in [0.25, 0.3) is 11.8 Å². The van der Waals surface area contributed by atoms with Crippen molar-refractivity contribution in [3.8, 4) is 0 Å². The van der Waals surface area contributed by atoms with Gasteiger partial charge in [-0.3, -0.25) is 14.4 Å². The second-order valence-electron chi connectivity index (χ2n) is 8.01. The number of hydrogen-bond donors (Lipinski definition) is 0. The van der Waals surface area contributed by atoms with Gasteiger partial charge in [-0.25, -0.2) is 9.29 Å². The van der Waals surface area contributed by atoms with Crippen LogP contribution in [-0.4, -0.2) is 35.2 Å². The van der Waals surface area contributed by atoms with E-state index < -0.39 is 23.7 Å². The first kappa shape index (κ1) is 22.7. The third-order valence-corrected chi connectivity index (χ3v) is 5.91. The van der Waals surface area contributed by atoms with Crippen molar-refractivity contribution in [1.82, 2.24) is 4.90 Å². The van der Waals surface area contributed by atoms with Gasteiger partial charge < -0.3 is 4.90 Å². The molecule has 0 radical (unpaired) electrons. The first-order valence-corrected chi connectivity index (χ1v) is 11.0. The summed E-state index contributed by atoms with van der Waals surface area (Å²) in [6, 6.07) is 18.6. The highest BCUT2D eigenvalue weighted by Crippen LogP contribution is 2.27. The van der Waals surface area contributed by atoms with Gasteiger partial charge in [0, 0.05) is 17.1 Å². The van der Waals surface area contributed by atoms with Crippen LogP contribution in [-0.2, 0) is 16.0 Å². The number of nitrogens with zero attached hydrogens (tertiary/aromatic N) is 2. The lowest BCUT2D eigenvalue weighted by Crippen LogP contribution is -2.46. The maximum Gasteiger partial charge on any atom is 0.257 e. The largest absolute Gasteiger partial charge is 0.326 e. The average molecular weight is 465 g/mol. The first-order valence-electron chi connectivity index (χ1n) is 10.6. The van der Waals surface area contributed by atoms with E-state index in [9.17, 15) is 18.8 Å². The van der Waals surface area contributed by atoms with E-state index >= 15 is 0 Å². The Hall–Kier alpha value is -3.51. The Morgan fingerprint density at radius 1 is 1.06 bits per heavy atom. The monoisotopic (exact) mass is 464 g/mol. The Morgan fingerprint density at radius 3 is 2.42 bits per heavy atom. The molecular weight excluding hydrogens is 443 g/mol. The van der Waals surface area contributed by atoms with Gasteiger partial charge in [0.15, 0.2) is 0 Å². The van der Waals surface area contributed by atoms with Crippen molar-refractivity contribution >= 4 is 35.0 Å². The van der Waals surface area contributed by atoms with Crippen LogP contribution in [0.5, 0.6) is 0 Å². The van der Waals surface area contributed by atoms with Crippen LogP contribution in [0.2, 0.25) is 5.02 Å². The highest BCUT2D eigenvalue weighted by atomic mass is 35.5. The van der Waals surface area contributed by atoms with Crippen LogP contribution in [0, 0.1) is 12.7 Å². The van der Waals surface area contributed by atoms with Crippen molar-refractivity contribution in [2.75, 3.05) is 11.4 Å². The van der Waals surface area contributed by atoms with Gasteiger partial charge in [-0.05, 0) is 67.4 Å². The summed E-state index contributed by atoms with van der Waals surface area (Å²) in [4.78, 5) is 42.0. The summed E-state index contributed by atoms with van der Waals surface area (Å²) in [5, 5.41) is 0.582. The molecule has 1 aliphatic heterocycles.